The van der Waals surface area contributed by atoms with E-state index in [-0.39, 0.29) is 41.2 Å². The van der Waals surface area contributed by atoms with E-state index in [2.05, 4.69) is 11.3 Å². The van der Waals surface area contributed by atoms with Gasteiger partial charge in [0.25, 0.3) is 0 Å². The molecule has 1 rings (SSSR count). The quantitative estimate of drug-likeness (QED) is 0.350. The van der Waals surface area contributed by atoms with Gasteiger partial charge in [-0.2, -0.15) is 0 Å². The Balaban J connectivity index is 2.89. The molecule has 0 radical (unpaired) electrons. The highest BCUT2D eigenvalue weighted by atomic mass is 16.6. The lowest BCUT2D eigenvalue weighted by molar-refractivity contribution is -0.138. The number of aromatic hydroxyl groups is 1. The van der Waals surface area contributed by atoms with Gasteiger partial charge in [-0.1, -0.05) is 6.58 Å². The first kappa shape index (κ1) is 20.0. The molecule has 1 N–H and O–H groups in total. The maximum atomic E-state index is 12.2. The molecule has 0 atom stereocenters. The van der Waals surface area contributed by atoms with Gasteiger partial charge >= 0.3 is 17.9 Å². The van der Waals surface area contributed by atoms with Crippen molar-refractivity contribution < 1.29 is 33.7 Å². The van der Waals surface area contributed by atoms with Gasteiger partial charge in [-0.3, -0.25) is 0 Å². The Morgan fingerprint density at radius 2 is 1.68 bits per heavy atom. The van der Waals surface area contributed by atoms with Gasteiger partial charge in [0.1, 0.15) is 11.5 Å². The highest BCUT2D eigenvalue weighted by Gasteiger charge is 2.18. The lowest BCUT2D eigenvalue weighted by Gasteiger charge is -2.12. The van der Waals surface area contributed by atoms with E-state index in [1.165, 1.54) is 45.2 Å². The summed E-state index contributed by atoms with van der Waals surface area (Å²) in [5.74, 6) is -1.94. The Kier molecular flexibility index (Phi) is 7.40. The molecule has 0 unspecified atom stereocenters. The number of ether oxygens (including phenoxy) is 3. The SMILES string of the molecule is C=C(C)C(=O)OCC/C(OC(=O)c1ccc(O)cc1)=C(/C)C(=O)OC. The van der Waals surface area contributed by atoms with Gasteiger partial charge in [-0.05, 0) is 38.1 Å². The molecule has 0 bridgehead atoms. The lowest BCUT2D eigenvalue weighted by atomic mass is 10.2. The first-order valence-electron chi connectivity index (χ1n) is 7.38. The highest BCUT2D eigenvalue weighted by molar-refractivity contribution is 5.92. The van der Waals surface area contributed by atoms with Gasteiger partial charge in [0, 0.05) is 12.0 Å². The zero-order chi connectivity index (χ0) is 19.0. The van der Waals surface area contributed by atoms with E-state index >= 15 is 0 Å². The van der Waals surface area contributed by atoms with Crippen molar-refractivity contribution in [3.05, 3.63) is 53.3 Å². The second-order valence-corrected chi connectivity index (χ2v) is 5.14. The van der Waals surface area contributed by atoms with E-state index in [0.29, 0.717) is 0 Å². The largest absolute Gasteiger partial charge is 0.508 e. The monoisotopic (exact) mass is 348 g/mol. The predicted octanol–water partition coefficient (Wildman–Crippen LogP) is 2.51. The van der Waals surface area contributed by atoms with E-state index in [1.807, 2.05) is 0 Å². The zero-order valence-electron chi connectivity index (χ0n) is 14.3. The minimum atomic E-state index is -0.718. The molecule has 0 spiro atoms. The number of carbonyl (C=O) groups excluding carboxylic acids is 3. The van der Waals surface area contributed by atoms with Crippen LogP contribution in [-0.2, 0) is 23.8 Å². The number of hydrogen-bond donors (Lipinski definition) is 1. The molecule has 0 aliphatic carbocycles. The Morgan fingerprint density at radius 3 is 2.20 bits per heavy atom. The molecule has 7 heteroatoms. The second kappa shape index (κ2) is 9.27. The fraction of sp³-hybridized carbons (Fsp3) is 0.278. The third-order valence-electron chi connectivity index (χ3n) is 3.14. The van der Waals surface area contributed by atoms with Gasteiger partial charge in [-0.15, -0.1) is 0 Å². The molecule has 0 aromatic heterocycles. The van der Waals surface area contributed by atoms with Crippen molar-refractivity contribution in [1.82, 2.24) is 0 Å². The molecule has 0 amide bonds. The van der Waals surface area contributed by atoms with Crippen molar-refractivity contribution in [1.29, 1.82) is 0 Å². The van der Waals surface area contributed by atoms with Crippen LogP contribution in [0.2, 0.25) is 0 Å². The van der Waals surface area contributed by atoms with Crippen LogP contribution in [0.25, 0.3) is 0 Å². The van der Waals surface area contributed by atoms with Crippen LogP contribution in [0.4, 0.5) is 0 Å². The molecule has 0 aliphatic heterocycles. The zero-order valence-corrected chi connectivity index (χ0v) is 14.3. The smallest absolute Gasteiger partial charge is 0.343 e. The molecule has 0 saturated carbocycles. The number of benzene rings is 1. The predicted molar refractivity (Wildman–Crippen MR) is 88.6 cm³/mol. The maximum Gasteiger partial charge on any atom is 0.343 e. The average molecular weight is 348 g/mol. The van der Waals surface area contributed by atoms with Crippen molar-refractivity contribution in [3.8, 4) is 5.75 Å². The standard InChI is InChI=1S/C18H20O7/c1-11(2)16(20)24-10-9-15(12(3)17(21)23-4)25-18(22)13-5-7-14(19)8-6-13/h5-8,19H,1,9-10H2,2-4H3/b15-12+. The summed E-state index contributed by atoms with van der Waals surface area (Å²) in [7, 11) is 1.20. The van der Waals surface area contributed by atoms with Crippen LogP contribution in [-0.4, -0.2) is 36.7 Å². The van der Waals surface area contributed by atoms with E-state index < -0.39 is 17.9 Å². The Morgan fingerprint density at radius 1 is 1.08 bits per heavy atom. The molecule has 0 fully saturated rings. The Bertz CT molecular complexity index is 699. The number of rotatable bonds is 7. The summed E-state index contributed by atoms with van der Waals surface area (Å²) in [5, 5.41) is 9.25. The average Bonchev–Trinajstić information content (AvgIpc) is 2.59. The molecular formula is C18H20O7. The fourth-order valence-corrected chi connectivity index (χ4v) is 1.71. The first-order valence-corrected chi connectivity index (χ1v) is 7.38. The topological polar surface area (TPSA) is 99.1 Å². The normalized spacial score (nSPS) is 11.2. The van der Waals surface area contributed by atoms with Crippen LogP contribution in [0.5, 0.6) is 5.75 Å². The molecule has 1 aromatic rings. The summed E-state index contributed by atoms with van der Waals surface area (Å²) >= 11 is 0. The summed E-state index contributed by atoms with van der Waals surface area (Å²) in [5.41, 5.74) is 0.504. The molecule has 25 heavy (non-hydrogen) atoms. The van der Waals surface area contributed by atoms with E-state index in [0.717, 1.165) is 0 Å². The van der Waals surface area contributed by atoms with Crippen LogP contribution in [0, 0.1) is 0 Å². The van der Waals surface area contributed by atoms with Crippen molar-refractivity contribution in [2.75, 3.05) is 13.7 Å². The van der Waals surface area contributed by atoms with Crippen LogP contribution in [0.15, 0.2) is 47.7 Å². The molecule has 0 aliphatic rings. The van der Waals surface area contributed by atoms with E-state index in [9.17, 15) is 19.5 Å². The van der Waals surface area contributed by atoms with E-state index in [1.54, 1.807) is 0 Å². The molecule has 7 nitrogen and oxygen atoms in total. The van der Waals surface area contributed by atoms with Crippen molar-refractivity contribution in [2.45, 2.75) is 20.3 Å². The van der Waals surface area contributed by atoms with Gasteiger partial charge in [0.2, 0.25) is 0 Å². The van der Waals surface area contributed by atoms with Crippen molar-refractivity contribution in [2.24, 2.45) is 0 Å². The molecule has 1 aromatic carbocycles. The number of phenols is 1. The van der Waals surface area contributed by atoms with Crippen LogP contribution < -0.4 is 0 Å². The van der Waals surface area contributed by atoms with Crippen LogP contribution >= 0.6 is 0 Å². The number of esters is 3. The van der Waals surface area contributed by atoms with Crippen LogP contribution in [0.3, 0.4) is 0 Å². The minimum absolute atomic E-state index is 0.00375. The van der Waals surface area contributed by atoms with Crippen molar-refractivity contribution >= 4 is 17.9 Å². The number of phenolic OH excluding ortho intramolecular Hbond substituents is 1. The molecule has 0 saturated heterocycles. The molecule has 0 heterocycles. The summed E-state index contributed by atoms with van der Waals surface area (Å²) in [6.07, 6.45) is 0.00375. The van der Waals surface area contributed by atoms with Crippen LogP contribution in [0.1, 0.15) is 30.6 Å². The summed E-state index contributed by atoms with van der Waals surface area (Å²) in [6, 6.07) is 5.43. The van der Waals surface area contributed by atoms with Crippen molar-refractivity contribution in [3.63, 3.8) is 0 Å². The van der Waals surface area contributed by atoms with Gasteiger partial charge in [0.05, 0.1) is 24.9 Å². The number of carbonyl (C=O) groups is 3. The fourth-order valence-electron chi connectivity index (χ4n) is 1.71. The first-order chi connectivity index (χ1) is 11.8. The molecule has 134 valence electrons. The Hall–Kier alpha value is -3.09. The third kappa shape index (κ3) is 6.14. The maximum absolute atomic E-state index is 12.2. The number of hydrogen-bond acceptors (Lipinski definition) is 7. The summed E-state index contributed by atoms with van der Waals surface area (Å²) in [6.45, 7) is 6.30. The Labute approximate surface area is 145 Å². The van der Waals surface area contributed by atoms with Gasteiger partial charge in [-0.25, -0.2) is 14.4 Å². The van der Waals surface area contributed by atoms with E-state index in [4.69, 9.17) is 9.47 Å². The number of methoxy groups -OCH3 is 1. The summed E-state index contributed by atoms with van der Waals surface area (Å²) < 4.78 is 14.8. The third-order valence-corrected chi connectivity index (χ3v) is 3.14. The molecular weight excluding hydrogens is 328 g/mol. The minimum Gasteiger partial charge on any atom is -0.508 e. The van der Waals surface area contributed by atoms with Gasteiger partial charge in [0.15, 0.2) is 0 Å². The second-order valence-electron chi connectivity index (χ2n) is 5.14. The summed E-state index contributed by atoms with van der Waals surface area (Å²) in [4.78, 5) is 35.3. The lowest BCUT2D eigenvalue weighted by Crippen LogP contribution is -2.14. The van der Waals surface area contributed by atoms with Gasteiger partial charge < -0.3 is 19.3 Å². The highest BCUT2D eigenvalue weighted by Crippen LogP contribution is 2.17.